The van der Waals surface area contributed by atoms with Crippen LogP contribution in [0.4, 0.5) is 17.6 Å². The predicted molar refractivity (Wildman–Crippen MR) is 134 cm³/mol. The summed E-state index contributed by atoms with van der Waals surface area (Å²) in [6.07, 6.45) is 5.20. The summed E-state index contributed by atoms with van der Waals surface area (Å²) < 4.78 is 0. The van der Waals surface area contributed by atoms with Crippen molar-refractivity contribution in [2.75, 3.05) is 55.8 Å². The number of carbonyl (C=O) groups excluding carboxylic acids is 1. The van der Waals surface area contributed by atoms with Crippen LogP contribution in [0.2, 0.25) is 0 Å². The van der Waals surface area contributed by atoms with Gasteiger partial charge in [0.25, 0.3) is 5.91 Å². The van der Waals surface area contributed by atoms with Gasteiger partial charge in [-0.1, -0.05) is 12.1 Å². The zero-order chi connectivity index (χ0) is 23.5. The summed E-state index contributed by atoms with van der Waals surface area (Å²) in [6.45, 7) is 3.72. The van der Waals surface area contributed by atoms with Crippen molar-refractivity contribution in [3.63, 3.8) is 0 Å². The zero-order valence-corrected chi connectivity index (χ0v) is 19.2. The topological polar surface area (TPSA) is 99.2 Å². The molecule has 1 aliphatic rings. The van der Waals surface area contributed by atoms with Crippen molar-refractivity contribution in [2.45, 2.75) is 0 Å². The number of likely N-dealkylation sites (N-methyl/N-ethyl adjacent to an activating group) is 1. The van der Waals surface area contributed by atoms with E-state index >= 15 is 0 Å². The van der Waals surface area contributed by atoms with Gasteiger partial charge in [-0.25, -0.2) is 19.9 Å². The first-order valence-electron chi connectivity index (χ1n) is 11.2. The number of nitrogens with one attached hydrogen (secondary N) is 2. The van der Waals surface area contributed by atoms with E-state index in [-0.39, 0.29) is 11.9 Å². The summed E-state index contributed by atoms with van der Waals surface area (Å²) in [5.74, 6) is 1.61. The smallest absolute Gasteiger partial charge is 0.258 e. The monoisotopic (exact) mass is 454 g/mol. The molecule has 1 amide bonds. The Bertz CT molecular complexity index is 1320. The number of amides is 1. The van der Waals surface area contributed by atoms with E-state index in [1.807, 2.05) is 49.6 Å². The van der Waals surface area contributed by atoms with Gasteiger partial charge in [0.1, 0.15) is 11.6 Å². The first-order chi connectivity index (χ1) is 16.6. The van der Waals surface area contributed by atoms with E-state index in [4.69, 9.17) is 0 Å². The van der Waals surface area contributed by atoms with Crippen LogP contribution >= 0.6 is 0 Å². The fourth-order valence-corrected chi connectivity index (χ4v) is 3.92. The zero-order valence-electron chi connectivity index (χ0n) is 19.2. The van der Waals surface area contributed by atoms with Crippen LogP contribution in [0.1, 0.15) is 10.4 Å². The molecule has 0 spiro atoms. The van der Waals surface area contributed by atoms with E-state index in [9.17, 15) is 4.79 Å². The molecule has 3 aromatic heterocycles. The maximum atomic E-state index is 12.9. The van der Waals surface area contributed by atoms with E-state index in [1.54, 1.807) is 18.5 Å². The van der Waals surface area contributed by atoms with E-state index < -0.39 is 0 Å². The maximum absolute atomic E-state index is 12.9. The lowest BCUT2D eigenvalue weighted by molar-refractivity contribution is 0.102. The van der Waals surface area contributed by atoms with Gasteiger partial charge in [0.2, 0.25) is 5.95 Å². The normalized spacial score (nSPS) is 14.2. The number of anilines is 3. The lowest BCUT2D eigenvalue weighted by Crippen LogP contribution is -2.44. The van der Waals surface area contributed by atoms with Gasteiger partial charge >= 0.3 is 0 Å². The average molecular weight is 455 g/mol. The molecule has 9 nitrogen and oxygen atoms in total. The molecule has 2 N–H and O–H groups in total. The fourth-order valence-electron chi connectivity index (χ4n) is 3.92. The molecule has 1 aliphatic heterocycles. The van der Waals surface area contributed by atoms with Crippen molar-refractivity contribution in [1.82, 2.24) is 24.8 Å². The van der Waals surface area contributed by atoms with Gasteiger partial charge in [-0.2, -0.15) is 0 Å². The Morgan fingerprint density at radius 2 is 1.74 bits per heavy atom. The number of aromatic nitrogens is 4. The summed E-state index contributed by atoms with van der Waals surface area (Å²) in [5.41, 5.74) is 3.24. The lowest BCUT2D eigenvalue weighted by Gasteiger charge is -2.33. The van der Waals surface area contributed by atoms with Crippen molar-refractivity contribution >= 4 is 34.4 Å². The van der Waals surface area contributed by atoms with Crippen LogP contribution in [-0.2, 0) is 0 Å². The molecular formula is C25H26N8O. The molecule has 0 unspecified atom stereocenters. The minimum absolute atomic E-state index is 0.260. The van der Waals surface area contributed by atoms with Gasteiger partial charge in [0, 0.05) is 68.3 Å². The van der Waals surface area contributed by atoms with Gasteiger partial charge < -0.3 is 15.1 Å². The molecular weight excluding hydrogens is 428 g/mol. The Morgan fingerprint density at radius 1 is 0.912 bits per heavy atom. The fraction of sp³-hybridized carbons (Fsp3) is 0.240. The molecule has 1 saturated heterocycles. The number of hydrogen-bond donors (Lipinski definition) is 2. The molecule has 0 saturated carbocycles. The van der Waals surface area contributed by atoms with Crippen molar-refractivity contribution in [3.05, 3.63) is 66.6 Å². The molecule has 4 aromatic rings. The number of piperazine rings is 1. The molecule has 0 bridgehead atoms. The van der Waals surface area contributed by atoms with Gasteiger partial charge in [0.15, 0.2) is 0 Å². The van der Waals surface area contributed by atoms with Crippen molar-refractivity contribution < 1.29 is 4.79 Å². The van der Waals surface area contributed by atoms with Crippen molar-refractivity contribution in [1.29, 1.82) is 0 Å². The molecule has 172 valence electrons. The molecule has 1 fully saturated rings. The second-order valence-corrected chi connectivity index (χ2v) is 8.30. The number of hydrogen-bond acceptors (Lipinski definition) is 8. The summed E-state index contributed by atoms with van der Waals surface area (Å²) in [4.78, 5) is 35.1. The molecule has 0 atom stereocenters. The number of nitrogens with zero attached hydrogens (tertiary/aromatic N) is 6. The molecule has 0 radical (unpaired) electrons. The Balaban J connectivity index is 1.35. The number of fused-ring (bicyclic) bond motifs is 1. The number of pyridine rings is 2. The number of benzene rings is 1. The second-order valence-electron chi connectivity index (χ2n) is 8.30. The van der Waals surface area contributed by atoms with Crippen LogP contribution in [0.5, 0.6) is 0 Å². The van der Waals surface area contributed by atoms with Gasteiger partial charge in [-0.15, -0.1) is 0 Å². The quantitative estimate of drug-likeness (QED) is 0.475. The number of carbonyl (C=O) groups is 1. The lowest BCUT2D eigenvalue weighted by atomic mass is 10.1. The van der Waals surface area contributed by atoms with E-state index in [2.05, 4.69) is 47.4 Å². The standard InChI is InChI=1S/C25H26N8O/c1-26-22-6-5-19(15-28-22)17-3-4-20-16-29-25(30-21(20)13-17)31-24(34)18-7-8-27-23(14-18)33-11-9-32(2)10-12-33/h3-8,13-16H,9-12H2,1-2H3,(H,26,28)(H,29,30,31,34). The summed E-state index contributed by atoms with van der Waals surface area (Å²) in [7, 11) is 3.95. The molecule has 1 aromatic carbocycles. The summed E-state index contributed by atoms with van der Waals surface area (Å²) in [5, 5.41) is 6.73. The Hall–Kier alpha value is -4.11. The third-order valence-corrected chi connectivity index (χ3v) is 6.00. The highest BCUT2D eigenvalue weighted by molar-refractivity contribution is 6.04. The maximum Gasteiger partial charge on any atom is 0.258 e. The largest absolute Gasteiger partial charge is 0.373 e. The molecule has 9 heteroatoms. The van der Waals surface area contributed by atoms with Crippen LogP contribution in [0, 0.1) is 0 Å². The SMILES string of the molecule is CNc1ccc(-c2ccc3cnc(NC(=O)c4ccnc(N5CCN(C)CC5)c4)nc3c2)cn1. The van der Waals surface area contributed by atoms with Crippen molar-refractivity contribution in [3.8, 4) is 11.1 Å². The molecule has 4 heterocycles. The van der Waals surface area contributed by atoms with Crippen molar-refractivity contribution in [2.24, 2.45) is 0 Å². The first-order valence-corrected chi connectivity index (χ1v) is 11.2. The van der Waals surface area contributed by atoms with Crippen LogP contribution in [0.3, 0.4) is 0 Å². The summed E-state index contributed by atoms with van der Waals surface area (Å²) >= 11 is 0. The van der Waals surface area contributed by atoms with Gasteiger partial charge in [-0.3, -0.25) is 10.1 Å². The average Bonchev–Trinajstić information content (AvgIpc) is 2.89. The highest BCUT2D eigenvalue weighted by Crippen LogP contribution is 2.24. The molecule has 0 aliphatic carbocycles. The Kier molecular flexibility index (Phi) is 6.01. The minimum atomic E-state index is -0.264. The van der Waals surface area contributed by atoms with Crippen LogP contribution in [0.15, 0.2) is 61.1 Å². The van der Waals surface area contributed by atoms with Crippen LogP contribution in [0.25, 0.3) is 22.0 Å². The minimum Gasteiger partial charge on any atom is -0.373 e. The van der Waals surface area contributed by atoms with Gasteiger partial charge in [-0.05, 0) is 42.9 Å². The first kappa shape index (κ1) is 21.7. The predicted octanol–water partition coefficient (Wildman–Crippen LogP) is 3.13. The molecule has 34 heavy (non-hydrogen) atoms. The highest BCUT2D eigenvalue weighted by atomic mass is 16.1. The van der Waals surface area contributed by atoms with Gasteiger partial charge in [0.05, 0.1) is 5.52 Å². The van der Waals surface area contributed by atoms with Crippen LogP contribution in [-0.4, -0.2) is 71.0 Å². The van der Waals surface area contributed by atoms with E-state index in [0.717, 1.165) is 59.8 Å². The van der Waals surface area contributed by atoms with E-state index in [1.165, 1.54) is 0 Å². The Morgan fingerprint density at radius 3 is 2.50 bits per heavy atom. The van der Waals surface area contributed by atoms with E-state index in [0.29, 0.717) is 5.56 Å². The third-order valence-electron chi connectivity index (χ3n) is 6.00. The Labute approximate surface area is 197 Å². The number of rotatable bonds is 5. The summed E-state index contributed by atoms with van der Waals surface area (Å²) in [6, 6.07) is 13.4. The second kappa shape index (κ2) is 9.40. The highest BCUT2D eigenvalue weighted by Gasteiger charge is 2.17. The molecule has 5 rings (SSSR count). The van der Waals surface area contributed by atoms with Crippen LogP contribution < -0.4 is 15.5 Å². The third kappa shape index (κ3) is 4.65.